The van der Waals surface area contributed by atoms with E-state index in [0.717, 1.165) is 0 Å². The normalized spacial score (nSPS) is 13.1. The van der Waals surface area contributed by atoms with Gasteiger partial charge in [0.15, 0.2) is 0 Å². The quantitative estimate of drug-likeness (QED) is 0.0682. The lowest BCUT2D eigenvalue weighted by Gasteiger charge is -2.38. The van der Waals surface area contributed by atoms with Crippen LogP contribution in [0.25, 0.3) is 86.2 Å². The minimum absolute atomic E-state index is 0.575. The first kappa shape index (κ1) is 38.6. The van der Waals surface area contributed by atoms with Crippen LogP contribution in [0.4, 0.5) is 0 Å². The largest absolute Gasteiger partial charge is 0.146 e. The van der Waals surface area contributed by atoms with Gasteiger partial charge in [-0.25, -0.2) is 0 Å². The molecule has 0 N–H and O–H groups in total. The first-order valence-electron chi connectivity index (χ1n) is 22.0. The minimum atomic E-state index is -1.97. The number of fused-ring (bicyclic) bond motifs is 6. The van der Waals surface area contributed by atoms with Gasteiger partial charge >= 0.3 is 0 Å². The van der Waals surface area contributed by atoms with Crippen LogP contribution in [-0.4, -0.2) is 16.1 Å². The van der Waals surface area contributed by atoms with E-state index in [4.69, 9.17) is 0 Å². The second-order valence-electron chi connectivity index (χ2n) is 19.3. The second kappa shape index (κ2) is 13.9. The summed E-state index contributed by atoms with van der Waals surface area (Å²) in [7, 11) is -3.94. The summed E-state index contributed by atoms with van der Waals surface area (Å²) in [5.74, 6) is 7.96. The number of benzene rings is 9. The molecule has 0 saturated heterocycles. The van der Waals surface area contributed by atoms with Gasteiger partial charge < -0.3 is 0 Å². The highest BCUT2D eigenvalue weighted by Crippen LogP contribution is 2.50. The molecule has 0 unspecified atom stereocenters. The van der Waals surface area contributed by atoms with E-state index in [-0.39, 0.29) is 0 Å². The summed E-state index contributed by atoms with van der Waals surface area (Å²) in [6, 6.07) is 37.3. The highest BCUT2D eigenvalue weighted by atomic mass is 28.3. The first-order chi connectivity index (χ1) is 27.7. The molecule has 9 rings (SSSR count). The smallest absolute Gasteiger partial charge is 0.125 e. The van der Waals surface area contributed by atoms with Crippen molar-refractivity contribution in [2.75, 3.05) is 0 Å². The van der Waals surface area contributed by atoms with Crippen molar-refractivity contribution in [3.63, 3.8) is 0 Å². The van der Waals surface area contributed by atoms with Crippen LogP contribution < -0.4 is 0 Å². The van der Waals surface area contributed by atoms with Crippen LogP contribution in [0.3, 0.4) is 0 Å². The third-order valence-corrected chi connectivity index (χ3v) is 27.5. The molecular weight excluding hydrogens is 729 g/mol. The monoisotopic (exact) mass is 786 g/mol. The van der Waals surface area contributed by atoms with Gasteiger partial charge in [-0.3, -0.25) is 0 Å². The predicted octanol–water partition coefficient (Wildman–Crippen LogP) is 16.9. The molecule has 0 atom stereocenters. The van der Waals surface area contributed by atoms with Crippen LogP contribution in [0, 0.1) is 22.9 Å². The SMILES string of the molecule is CC(C)[Si](C#Cc1c2ccccc2c2ccc3c4ccc5c(C#C[Si](C(C)C)(C(C)C)C(C)C)c6ccccc6c6ccc(c7ccc1c2c73)c4c56)(C(C)C)C(C)C. The van der Waals surface area contributed by atoms with E-state index in [9.17, 15) is 0 Å². The van der Waals surface area contributed by atoms with Crippen LogP contribution in [0.15, 0.2) is 97.1 Å². The number of rotatable bonds is 6. The summed E-state index contributed by atoms with van der Waals surface area (Å²) < 4.78 is 0. The highest BCUT2D eigenvalue weighted by molar-refractivity contribution is 6.91. The molecule has 0 amide bonds. The number of hydrogen-bond donors (Lipinski definition) is 0. The van der Waals surface area contributed by atoms with E-state index in [1.165, 1.54) is 97.3 Å². The molecule has 0 spiro atoms. The summed E-state index contributed by atoms with van der Waals surface area (Å²) in [4.78, 5) is 0. The molecule has 0 saturated carbocycles. The summed E-state index contributed by atoms with van der Waals surface area (Å²) in [5.41, 5.74) is 14.1. The van der Waals surface area contributed by atoms with Crippen LogP contribution in [0.5, 0.6) is 0 Å². The van der Waals surface area contributed by atoms with Gasteiger partial charge in [-0.05, 0) is 119 Å². The molecule has 0 aliphatic rings. The average Bonchev–Trinajstić information content (AvgIpc) is 3.19. The van der Waals surface area contributed by atoms with E-state index >= 15 is 0 Å². The third-order valence-electron chi connectivity index (χ3n) is 15.0. The Morgan fingerprint density at radius 1 is 0.276 bits per heavy atom. The van der Waals surface area contributed by atoms with Gasteiger partial charge in [0, 0.05) is 11.1 Å². The van der Waals surface area contributed by atoms with Gasteiger partial charge in [0.05, 0.1) is 0 Å². The molecule has 9 aromatic carbocycles. The zero-order valence-electron chi connectivity index (χ0n) is 36.7. The first-order valence-corrected chi connectivity index (χ1v) is 26.4. The summed E-state index contributed by atoms with van der Waals surface area (Å²) in [6.45, 7) is 29.0. The van der Waals surface area contributed by atoms with E-state index < -0.39 is 16.1 Å². The summed E-state index contributed by atoms with van der Waals surface area (Å²) in [6.07, 6.45) is 0. The molecule has 0 nitrogen and oxygen atoms in total. The Bertz CT molecular complexity index is 2920. The lowest BCUT2D eigenvalue weighted by atomic mass is 9.82. The highest BCUT2D eigenvalue weighted by Gasteiger charge is 2.43. The van der Waals surface area contributed by atoms with Crippen molar-refractivity contribution in [3.8, 4) is 22.9 Å². The van der Waals surface area contributed by atoms with E-state index in [1.807, 2.05) is 0 Å². The number of hydrogen-bond acceptors (Lipinski definition) is 0. The van der Waals surface area contributed by atoms with Crippen molar-refractivity contribution in [1.82, 2.24) is 0 Å². The predicted molar refractivity (Wildman–Crippen MR) is 265 cm³/mol. The zero-order valence-corrected chi connectivity index (χ0v) is 38.7. The maximum absolute atomic E-state index is 4.12. The molecule has 0 aromatic heterocycles. The molecule has 58 heavy (non-hydrogen) atoms. The fraction of sp³-hybridized carbons (Fsp3) is 0.321. The van der Waals surface area contributed by atoms with Crippen molar-refractivity contribution in [2.24, 2.45) is 0 Å². The molecule has 2 heteroatoms. The topological polar surface area (TPSA) is 0 Å². The van der Waals surface area contributed by atoms with Crippen molar-refractivity contribution in [1.29, 1.82) is 0 Å². The maximum atomic E-state index is 4.12. The Morgan fingerprint density at radius 3 is 0.776 bits per heavy atom. The van der Waals surface area contributed by atoms with Gasteiger partial charge in [-0.15, -0.1) is 11.1 Å². The van der Waals surface area contributed by atoms with Crippen molar-refractivity contribution in [3.05, 3.63) is 108 Å². The molecule has 0 radical (unpaired) electrons. The fourth-order valence-corrected chi connectivity index (χ4v) is 22.8. The van der Waals surface area contributed by atoms with Crippen LogP contribution in [-0.2, 0) is 0 Å². The van der Waals surface area contributed by atoms with Gasteiger partial charge in [0.2, 0.25) is 0 Å². The van der Waals surface area contributed by atoms with Gasteiger partial charge in [0.1, 0.15) is 16.1 Å². The van der Waals surface area contributed by atoms with Gasteiger partial charge in [-0.2, -0.15) is 0 Å². The maximum Gasteiger partial charge on any atom is 0.146 e. The Morgan fingerprint density at radius 2 is 0.500 bits per heavy atom. The zero-order chi connectivity index (χ0) is 41.0. The lowest BCUT2D eigenvalue weighted by Crippen LogP contribution is -2.43. The van der Waals surface area contributed by atoms with E-state index in [1.54, 1.807) is 0 Å². The van der Waals surface area contributed by atoms with Crippen LogP contribution in [0.1, 0.15) is 94.2 Å². The molecule has 0 heterocycles. The van der Waals surface area contributed by atoms with Crippen molar-refractivity contribution in [2.45, 2.75) is 116 Å². The molecule has 0 aliphatic heterocycles. The molecule has 9 aromatic rings. The average molecular weight is 787 g/mol. The summed E-state index contributed by atoms with van der Waals surface area (Å²) in [5, 5.41) is 21.0. The Labute approximate surface area is 348 Å². The fourth-order valence-electron chi connectivity index (χ4n) is 12.4. The molecule has 0 fully saturated rings. The molecule has 290 valence electrons. The Hall–Kier alpha value is -4.87. The Kier molecular flexibility index (Phi) is 9.24. The second-order valence-corrected chi connectivity index (χ2v) is 30.4. The molecule has 0 bridgehead atoms. The molecular formula is C56H58Si2. The minimum Gasteiger partial charge on any atom is -0.125 e. The van der Waals surface area contributed by atoms with E-state index in [2.05, 4.69) is 203 Å². The summed E-state index contributed by atoms with van der Waals surface area (Å²) >= 11 is 0. The third kappa shape index (κ3) is 5.21. The van der Waals surface area contributed by atoms with Crippen LogP contribution in [0.2, 0.25) is 33.2 Å². The lowest BCUT2D eigenvalue weighted by molar-refractivity contribution is 0.838. The molecule has 0 aliphatic carbocycles. The standard InChI is InChI=1S/C56H58Si2/c1-33(2)57(34(3)4,35(5)6)31-29-43-39-17-13-15-19-41(39)45-21-25-49-52-28-24-48-44(30-32-58(36(7)8,37(9)10)38(11)12)40-18-14-16-20-42(40)46-22-26-50(56(52)54(46)48)51-27-23-47(43)53(45)55(49)51/h13-28,33-38H,1-12H3. The van der Waals surface area contributed by atoms with Crippen LogP contribution >= 0.6 is 0 Å². The van der Waals surface area contributed by atoms with E-state index in [0.29, 0.717) is 33.2 Å². The van der Waals surface area contributed by atoms with Crippen molar-refractivity contribution < 1.29 is 0 Å². The Balaban J connectivity index is 1.42. The van der Waals surface area contributed by atoms with Gasteiger partial charge in [0.25, 0.3) is 0 Å². The van der Waals surface area contributed by atoms with Gasteiger partial charge in [-0.1, -0.05) is 192 Å². The van der Waals surface area contributed by atoms with Crippen molar-refractivity contribution >= 4 is 102 Å².